The fourth-order valence-corrected chi connectivity index (χ4v) is 5.03. The molecule has 2 aromatic heterocycles. The van der Waals surface area contributed by atoms with Gasteiger partial charge in [-0.15, -0.1) is 11.3 Å². The first-order valence-corrected chi connectivity index (χ1v) is 11.2. The Morgan fingerprint density at radius 2 is 1.77 bits per heavy atom. The number of carbonyl (C=O) groups excluding carboxylic acids is 1. The van der Waals surface area contributed by atoms with E-state index < -0.39 is 0 Å². The maximum Gasteiger partial charge on any atom is 0.341 e. The maximum atomic E-state index is 12.7. The Labute approximate surface area is 190 Å². The molecule has 0 atom stereocenters. The van der Waals surface area contributed by atoms with Crippen LogP contribution in [-0.2, 0) is 4.74 Å². The second-order valence-corrected chi connectivity index (χ2v) is 8.66. The van der Waals surface area contributed by atoms with Crippen LogP contribution in [0.4, 0.5) is 10.9 Å². The Morgan fingerprint density at radius 3 is 2.42 bits per heavy atom. The number of anilines is 2. The summed E-state index contributed by atoms with van der Waals surface area (Å²) in [6, 6.07) is 11.7. The van der Waals surface area contributed by atoms with Gasteiger partial charge in [0.2, 0.25) is 5.95 Å². The van der Waals surface area contributed by atoms with E-state index in [1.54, 1.807) is 12.4 Å². The number of thiophene rings is 1. The number of hydrogen-bond donors (Lipinski definition) is 1. The number of aryl methyl sites for hydroxylation is 1. The first-order valence-electron chi connectivity index (χ1n) is 9.93. The average molecular weight is 454 g/mol. The van der Waals surface area contributed by atoms with Crippen molar-refractivity contribution in [1.29, 1.82) is 0 Å². The van der Waals surface area contributed by atoms with Gasteiger partial charge in [0.15, 0.2) is 5.11 Å². The van der Waals surface area contributed by atoms with Crippen molar-refractivity contribution in [2.24, 2.45) is 0 Å². The van der Waals surface area contributed by atoms with Gasteiger partial charge in [0, 0.05) is 49.0 Å². The summed E-state index contributed by atoms with van der Waals surface area (Å²) in [7, 11) is 1.40. The Balaban J connectivity index is 1.52. The van der Waals surface area contributed by atoms with Crippen molar-refractivity contribution in [1.82, 2.24) is 14.9 Å². The summed E-state index contributed by atoms with van der Waals surface area (Å²) in [6.07, 6.45) is 3.50. The number of rotatable bonds is 4. The molecule has 1 aliphatic heterocycles. The molecule has 160 valence electrons. The zero-order valence-corrected chi connectivity index (χ0v) is 19.0. The highest BCUT2D eigenvalue weighted by molar-refractivity contribution is 7.80. The summed E-state index contributed by atoms with van der Waals surface area (Å²) >= 11 is 7.20. The summed E-state index contributed by atoms with van der Waals surface area (Å²) in [6.45, 7) is 5.04. The van der Waals surface area contributed by atoms with E-state index in [-0.39, 0.29) is 5.97 Å². The van der Waals surface area contributed by atoms with E-state index >= 15 is 0 Å². The molecule has 0 saturated carbocycles. The first kappa shape index (κ1) is 21.2. The van der Waals surface area contributed by atoms with Crippen molar-refractivity contribution in [3.8, 4) is 11.1 Å². The Bertz CT molecular complexity index is 1060. The maximum absolute atomic E-state index is 12.7. The van der Waals surface area contributed by atoms with Crippen molar-refractivity contribution >= 4 is 45.6 Å². The van der Waals surface area contributed by atoms with Gasteiger partial charge in [-0.1, -0.05) is 30.3 Å². The minimum Gasteiger partial charge on any atom is -0.465 e. The Hall–Kier alpha value is -3.04. The third-order valence-electron chi connectivity index (χ3n) is 5.16. The fourth-order valence-electron chi connectivity index (χ4n) is 3.62. The quantitative estimate of drug-likeness (QED) is 0.472. The number of benzene rings is 1. The Morgan fingerprint density at radius 1 is 1.10 bits per heavy atom. The highest BCUT2D eigenvalue weighted by Crippen LogP contribution is 2.40. The zero-order chi connectivity index (χ0) is 21.8. The minimum atomic E-state index is -0.375. The third-order valence-corrected chi connectivity index (χ3v) is 6.54. The molecule has 1 saturated heterocycles. The van der Waals surface area contributed by atoms with E-state index in [0.717, 1.165) is 48.1 Å². The van der Waals surface area contributed by atoms with Crippen LogP contribution in [0.25, 0.3) is 11.1 Å². The van der Waals surface area contributed by atoms with Gasteiger partial charge in [-0.2, -0.15) is 0 Å². The normalized spacial score (nSPS) is 13.7. The van der Waals surface area contributed by atoms with Gasteiger partial charge in [0.1, 0.15) is 10.6 Å². The summed E-state index contributed by atoms with van der Waals surface area (Å²) in [5, 5.41) is 4.61. The number of ether oxygens (including phenoxy) is 1. The van der Waals surface area contributed by atoms with Crippen LogP contribution < -0.4 is 10.2 Å². The third kappa shape index (κ3) is 4.52. The second kappa shape index (κ2) is 9.40. The van der Waals surface area contributed by atoms with Crippen LogP contribution in [-0.4, -0.2) is 59.2 Å². The van der Waals surface area contributed by atoms with Crippen LogP contribution in [0.2, 0.25) is 0 Å². The topological polar surface area (TPSA) is 70.6 Å². The number of nitrogens with zero attached hydrogens (tertiary/aromatic N) is 4. The largest absolute Gasteiger partial charge is 0.465 e. The van der Waals surface area contributed by atoms with Crippen molar-refractivity contribution in [2.45, 2.75) is 6.92 Å². The van der Waals surface area contributed by atoms with Gasteiger partial charge in [-0.05, 0) is 30.8 Å². The second-order valence-electron chi connectivity index (χ2n) is 7.05. The number of methoxy groups -OCH3 is 1. The number of piperazine rings is 1. The first-order chi connectivity index (χ1) is 15.1. The summed E-state index contributed by atoms with van der Waals surface area (Å²) in [5.41, 5.74) is 2.38. The van der Waals surface area contributed by atoms with Gasteiger partial charge in [0.05, 0.1) is 7.11 Å². The van der Waals surface area contributed by atoms with E-state index in [1.807, 2.05) is 43.3 Å². The molecule has 0 aliphatic carbocycles. The molecule has 3 aromatic rings. The molecule has 4 rings (SSSR count). The molecule has 31 heavy (non-hydrogen) atoms. The highest BCUT2D eigenvalue weighted by atomic mass is 32.1. The molecule has 1 N–H and O–H groups in total. The lowest BCUT2D eigenvalue weighted by Crippen LogP contribution is -2.50. The number of aromatic nitrogens is 2. The van der Waals surface area contributed by atoms with E-state index in [9.17, 15) is 4.79 Å². The summed E-state index contributed by atoms with van der Waals surface area (Å²) in [4.78, 5) is 26.6. The minimum absolute atomic E-state index is 0.375. The van der Waals surface area contributed by atoms with Crippen molar-refractivity contribution < 1.29 is 9.53 Å². The van der Waals surface area contributed by atoms with Gasteiger partial charge in [0.25, 0.3) is 0 Å². The van der Waals surface area contributed by atoms with Gasteiger partial charge < -0.3 is 19.9 Å². The molecule has 0 amide bonds. The van der Waals surface area contributed by atoms with Crippen LogP contribution >= 0.6 is 23.6 Å². The molecule has 7 nitrogen and oxygen atoms in total. The summed E-state index contributed by atoms with van der Waals surface area (Å²) < 4.78 is 5.09. The lowest BCUT2D eigenvalue weighted by molar-refractivity contribution is 0.0603. The monoisotopic (exact) mass is 453 g/mol. The Kier molecular flexibility index (Phi) is 6.43. The van der Waals surface area contributed by atoms with Gasteiger partial charge in [-0.3, -0.25) is 0 Å². The molecule has 3 heterocycles. The van der Waals surface area contributed by atoms with Gasteiger partial charge in [-0.25, -0.2) is 14.8 Å². The zero-order valence-electron chi connectivity index (χ0n) is 17.4. The smallest absolute Gasteiger partial charge is 0.341 e. The highest BCUT2D eigenvalue weighted by Gasteiger charge is 2.26. The van der Waals surface area contributed by atoms with Crippen LogP contribution in [0.5, 0.6) is 0 Å². The lowest BCUT2D eigenvalue weighted by Gasteiger charge is -2.36. The molecule has 0 radical (unpaired) electrons. The van der Waals surface area contributed by atoms with E-state index in [1.165, 1.54) is 18.4 Å². The number of thiocarbonyl (C=S) groups is 1. The van der Waals surface area contributed by atoms with Crippen molar-refractivity contribution in [2.75, 3.05) is 43.5 Å². The molecule has 0 spiro atoms. The van der Waals surface area contributed by atoms with Crippen LogP contribution in [0.3, 0.4) is 0 Å². The molecule has 1 fully saturated rings. The van der Waals surface area contributed by atoms with Crippen LogP contribution in [0.1, 0.15) is 15.2 Å². The van der Waals surface area contributed by atoms with E-state index in [4.69, 9.17) is 17.0 Å². The number of esters is 1. The predicted octanol–water partition coefficient (Wildman–Crippen LogP) is 3.82. The lowest BCUT2D eigenvalue weighted by atomic mass is 10.0. The SMILES string of the molecule is COC(=O)c1c(NC(=S)N2CCN(c3ncccn3)CC2)sc(C)c1-c1ccccc1. The van der Waals surface area contributed by atoms with E-state index in [0.29, 0.717) is 15.7 Å². The fraction of sp³-hybridized carbons (Fsp3) is 0.273. The van der Waals surface area contributed by atoms with Crippen molar-refractivity contribution in [3.63, 3.8) is 0 Å². The molecule has 1 aliphatic rings. The number of carbonyl (C=O) groups is 1. The standard InChI is InChI=1S/C22H23N5O2S2/c1-15-17(16-7-4-3-5-8-16)18(20(28)29-2)19(31-15)25-22(30)27-13-11-26(12-14-27)21-23-9-6-10-24-21/h3-10H,11-14H2,1-2H3,(H,25,30). The molecular formula is C22H23N5O2S2. The van der Waals surface area contributed by atoms with Crippen LogP contribution in [0.15, 0.2) is 48.8 Å². The number of nitrogens with one attached hydrogen (secondary N) is 1. The molecule has 0 bridgehead atoms. The molecule has 1 aromatic carbocycles. The molecule has 0 unspecified atom stereocenters. The molecule has 9 heteroatoms. The predicted molar refractivity (Wildman–Crippen MR) is 128 cm³/mol. The summed E-state index contributed by atoms with van der Waals surface area (Å²) in [5.74, 6) is 0.356. The number of hydrogen-bond acceptors (Lipinski definition) is 7. The van der Waals surface area contributed by atoms with Crippen LogP contribution in [0, 0.1) is 6.92 Å². The molecular weight excluding hydrogens is 430 g/mol. The van der Waals surface area contributed by atoms with E-state index in [2.05, 4.69) is 25.1 Å². The van der Waals surface area contributed by atoms with Crippen molar-refractivity contribution in [3.05, 3.63) is 59.2 Å². The van der Waals surface area contributed by atoms with Gasteiger partial charge >= 0.3 is 5.97 Å². The average Bonchev–Trinajstić information content (AvgIpc) is 3.15.